The van der Waals surface area contributed by atoms with Crippen molar-refractivity contribution in [2.45, 2.75) is 18.9 Å². The lowest BCUT2D eigenvalue weighted by Crippen LogP contribution is -2.38. The van der Waals surface area contributed by atoms with E-state index in [1.54, 1.807) is 12.1 Å². The summed E-state index contributed by atoms with van der Waals surface area (Å²) in [5.74, 6) is -0.508. The topological polar surface area (TPSA) is 116 Å². The monoisotopic (exact) mass is 313 g/mol. The van der Waals surface area contributed by atoms with Crippen LogP contribution in [0.5, 0.6) is 0 Å². The maximum Gasteiger partial charge on any atom is 0.271 e. The molecule has 23 heavy (non-hydrogen) atoms. The molecule has 0 spiro atoms. The third-order valence-electron chi connectivity index (χ3n) is 3.92. The van der Waals surface area contributed by atoms with Gasteiger partial charge < -0.3 is 16.8 Å². The summed E-state index contributed by atoms with van der Waals surface area (Å²) < 4.78 is 1.37. The molecule has 0 aliphatic heterocycles. The Kier molecular flexibility index (Phi) is 4.12. The van der Waals surface area contributed by atoms with Crippen LogP contribution in [-0.4, -0.2) is 34.2 Å². The molecule has 1 saturated carbocycles. The van der Waals surface area contributed by atoms with E-state index >= 15 is 0 Å². The molecule has 1 aromatic heterocycles. The van der Waals surface area contributed by atoms with Gasteiger partial charge in [-0.25, -0.2) is 4.68 Å². The molecule has 2 amide bonds. The first-order chi connectivity index (χ1) is 11.1. The van der Waals surface area contributed by atoms with Crippen molar-refractivity contribution in [1.82, 2.24) is 15.1 Å². The van der Waals surface area contributed by atoms with E-state index < -0.39 is 5.91 Å². The molecule has 1 aliphatic carbocycles. The molecule has 0 saturated heterocycles. The highest BCUT2D eigenvalue weighted by atomic mass is 16.2. The number of carbonyl (C=O) groups is 2. The largest absolute Gasteiger partial charge is 0.364 e. The number of nitrogens with two attached hydrogens (primary N) is 2. The summed E-state index contributed by atoms with van der Waals surface area (Å²) in [4.78, 5) is 23.8. The second-order valence-electron chi connectivity index (χ2n) is 5.74. The van der Waals surface area contributed by atoms with Crippen molar-refractivity contribution in [3.05, 3.63) is 47.8 Å². The number of benzene rings is 1. The maximum absolute atomic E-state index is 12.2. The molecular weight excluding hydrogens is 294 g/mol. The van der Waals surface area contributed by atoms with Gasteiger partial charge in [0.25, 0.3) is 11.8 Å². The molecule has 1 aliphatic rings. The van der Waals surface area contributed by atoms with E-state index in [0.717, 1.165) is 12.8 Å². The van der Waals surface area contributed by atoms with Gasteiger partial charge in [-0.05, 0) is 30.9 Å². The fourth-order valence-corrected chi connectivity index (χ4v) is 2.43. The van der Waals surface area contributed by atoms with Gasteiger partial charge in [0.05, 0.1) is 5.69 Å². The first-order valence-electron chi connectivity index (χ1n) is 7.55. The zero-order chi connectivity index (χ0) is 16.4. The second-order valence-corrected chi connectivity index (χ2v) is 5.74. The zero-order valence-corrected chi connectivity index (χ0v) is 12.6. The van der Waals surface area contributed by atoms with E-state index in [1.165, 1.54) is 10.7 Å². The predicted octanol–water partition coefficient (Wildman–Crippen LogP) is 0.438. The van der Waals surface area contributed by atoms with Crippen molar-refractivity contribution in [1.29, 1.82) is 0 Å². The van der Waals surface area contributed by atoms with Gasteiger partial charge in [0.2, 0.25) is 0 Å². The van der Waals surface area contributed by atoms with Crippen LogP contribution in [-0.2, 0) is 0 Å². The predicted molar refractivity (Wildman–Crippen MR) is 85.1 cm³/mol. The number of primary amides is 1. The van der Waals surface area contributed by atoms with Gasteiger partial charge in [-0.2, -0.15) is 5.10 Å². The molecule has 5 N–H and O–H groups in total. The number of nitrogens with one attached hydrogen (secondary N) is 1. The second kappa shape index (κ2) is 6.21. The molecule has 7 heteroatoms. The fraction of sp³-hybridized carbons (Fsp3) is 0.312. The van der Waals surface area contributed by atoms with Crippen molar-refractivity contribution in [3.8, 4) is 5.69 Å². The zero-order valence-electron chi connectivity index (χ0n) is 12.6. The molecule has 0 bridgehead atoms. The van der Waals surface area contributed by atoms with E-state index in [-0.39, 0.29) is 23.3 Å². The number of carbonyl (C=O) groups excluding carboxylic acids is 2. The highest BCUT2D eigenvalue weighted by Crippen LogP contribution is 2.31. The van der Waals surface area contributed by atoms with Crippen LogP contribution >= 0.6 is 0 Å². The lowest BCUT2D eigenvalue weighted by atomic mass is 10.2. The Bertz CT molecular complexity index is 721. The number of nitrogens with zero attached hydrogens (tertiary/aromatic N) is 2. The summed E-state index contributed by atoms with van der Waals surface area (Å²) in [5, 5.41) is 6.96. The molecule has 3 rings (SSSR count). The summed E-state index contributed by atoms with van der Waals surface area (Å²) in [6.45, 7) is 0.396. The van der Waals surface area contributed by atoms with Crippen molar-refractivity contribution in [3.63, 3.8) is 0 Å². The average molecular weight is 313 g/mol. The minimum Gasteiger partial charge on any atom is -0.364 e. The molecular formula is C16H19N5O2. The highest BCUT2D eigenvalue weighted by molar-refractivity contribution is 5.97. The molecule has 1 fully saturated rings. The van der Waals surface area contributed by atoms with Crippen LogP contribution in [0.2, 0.25) is 0 Å². The van der Waals surface area contributed by atoms with Gasteiger partial charge in [-0.3, -0.25) is 9.59 Å². The lowest BCUT2D eigenvalue weighted by molar-refractivity contribution is 0.0944. The maximum atomic E-state index is 12.2. The van der Waals surface area contributed by atoms with E-state index in [2.05, 4.69) is 10.4 Å². The number of rotatable bonds is 6. The summed E-state index contributed by atoms with van der Waals surface area (Å²) in [7, 11) is 0. The molecule has 2 aromatic rings. The Hall–Kier alpha value is -2.67. The smallest absolute Gasteiger partial charge is 0.271 e. The van der Waals surface area contributed by atoms with Crippen molar-refractivity contribution in [2.75, 3.05) is 6.54 Å². The minimum absolute atomic E-state index is 0.0363. The van der Waals surface area contributed by atoms with Crippen molar-refractivity contribution in [2.24, 2.45) is 17.4 Å². The Morgan fingerprint density at radius 2 is 2.00 bits per heavy atom. The van der Waals surface area contributed by atoms with Crippen LogP contribution in [0.25, 0.3) is 5.69 Å². The number of para-hydroxylation sites is 1. The average Bonchev–Trinajstić information content (AvgIpc) is 3.31. The van der Waals surface area contributed by atoms with Crippen LogP contribution in [0, 0.1) is 5.92 Å². The third-order valence-corrected chi connectivity index (χ3v) is 3.92. The molecule has 1 unspecified atom stereocenters. The standard InChI is InChI=1S/C16H19N5O2/c17-12(10-6-7-10)9-19-16(23)13-8-14(15(18)22)21(20-13)11-4-2-1-3-5-11/h1-5,8,10,12H,6-7,9,17H2,(H2,18,22)(H,19,23). The minimum atomic E-state index is -0.643. The molecule has 1 heterocycles. The highest BCUT2D eigenvalue weighted by Gasteiger charge is 2.29. The van der Waals surface area contributed by atoms with Gasteiger partial charge in [0.1, 0.15) is 5.69 Å². The van der Waals surface area contributed by atoms with E-state index in [1.807, 2.05) is 18.2 Å². The Morgan fingerprint density at radius 3 is 2.61 bits per heavy atom. The summed E-state index contributed by atoms with van der Waals surface area (Å²) >= 11 is 0. The Labute approximate surface area is 133 Å². The lowest BCUT2D eigenvalue weighted by Gasteiger charge is -2.10. The van der Waals surface area contributed by atoms with Crippen molar-refractivity contribution >= 4 is 11.8 Å². The van der Waals surface area contributed by atoms with Gasteiger partial charge in [-0.1, -0.05) is 18.2 Å². The van der Waals surface area contributed by atoms with E-state index in [0.29, 0.717) is 18.2 Å². The third kappa shape index (κ3) is 3.40. The SMILES string of the molecule is NC(=O)c1cc(C(=O)NCC(N)C2CC2)nn1-c1ccccc1. The van der Waals surface area contributed by atoms with Crippen LogP contribution in [0.15, 0.2) is 36.4 Å². The van der Waals surface area contributed by atoms with Crippen LogP contribution in [0.4, 0.5) is 0 Å². The van der Waals surface area contributed by atoms with Crippen molar-refractivity contribution < 1.29 is 9.59 Å². The summed E-state index contributed by atoms with van der Waals surface area (Å²) in [6.07, 6.45) is 2.23. The molecule has 120 valence electrons. The van der Waals surface area contributed by atoms with Gasteiger partial charge >= 0.3 is 0 Å². The number of aromatic nitrogens is 2. The first-order valence-corrected chi connectivity index (χ1v) is 7.55. The first kappa shape index (κ1) is 15.2. The van der Waals surface area contributed by atoms with E-state index in [4.69, 9.17) is 11.5 Å². The van der Waals surface area contributed by atoms with Crippen LogP contribution < -0.4 is 16.8 Å². The molecule has 0 radical (unpaired) electrons. The molecule has 1 aromatic carbocycles. The van der Waals surface area contributed by atoms with Crippen LogP contribution in [0.3, 0.4) is 0 Å². The van der Waals surface area contributed by atoms with Crippen LogP contribution in [0.1, 0.15) is 33.8 Å². The number of hydrogen-bond acceptors (Lipinski definition) is 4. The number of amides is 2. The number of hydrogen-bond donors (Lipinski definition) is 3. The van der Waals surface area contributed by atoms with Gasteiger partial charge in [0, 0.05) is 18.7 Å². The van der Waals surface area contributed by atoms with Gasteiger partial charge in [-0.15, -0.1) is 0 Å². The molecule has 7 nitrogen and oxygen atoms in total. The summed E-state index contributed by atoms with van der Waals surface area (Å²) in [5.41, 5.74) is 12.3. The Balaban J connectivity index is 1.79. The summed E-state index contributed by atoms with van der Waals surface area (Å²) in [6, 6.07) is 10.4. The quantitative estimate of drug-likeness (QED) is 0.717. The normalized spacial score (nSPS) is 15.2. The molecule has 1 atom stereocenters. The fourth-order valence-electron chi connectivity index (χ4n) is 2.43. The van der Waals surface area contributed by atoms with E-state index in [9.17, 15) is 9.59 Å². The van der Waals surface area contributed by atoms with Gasteiger partial charge in [0.15, 0.2) is 5.69 Å². The Morgan fingerprint density at radius 1 is 1.30 bits per heavy atom.